The van der Waals surface area contributed by atoms with Gasteiger partial charge in [-0.3, -0.25) is 10.1 Å². The minimum Gasteiger partial charge on any atom is -0.497 e. The van der Waals surface area contributed by atoms with Crippen molar-refractivity contribution in [1.82, 2.24) is 5.32 Å². The van der Waals surface area contributed by atoms with Crippen LogP contribution in [-0.2, 0) is 4.79 Å². The van der Waals surface area contributed by atoms with E-state index in [0.717, 1.165) is 11.1 Å². The highest BCUT2D eigenvalue weighted by Gasteiger charge is 2.16. The Balaban J connectivity index is 1.74. The summed E-state index contributed by atoms with van der Waals surface area (Å²) in [5, 5.41) is 6.27. The number of carbonyl (C=O) groups excluding carboxylic acids is 1. The Bertz CT molecular complexity index is 940. The zero-order valence-electron chi connectivity index (χ0n) is 16.9. The van der Waals surface area contributed by atoms with Crippen LogP contribution in [0, 0.1) is 6.92 Å². The minimum atomic E-state index is -0.162. The Morgan fingerprint density at radius 2 is 1.59 bits per heavy atom. The molecule has 3 rings (SSSR count). The highest BCUT2D eigenvalue weighted by molar-refractivity contribution is 5.94. The summed E-state index contributed by atoms with van der Waals surface area (Å²) in [6.07, 6.45) is 0. The van der Waals surface area contributed by atoms with Crippen LogP contribution < -0.4 is 20.1 Å². The van der Waals surface area contributed by atoms with E-state index in [1.165, 1.54) is 5.56 Å². The molecule has 1 amide bonds. The summed E-state index contributed by atoms with van der Waals surface area (Å²) in [7, 11) is 3.15. The van der Waals surface area contributed by atoms with Crippen LogP contribution in [0.25, 0.3) is 0 Å². The first-order chi connectivity index (χ1) is 14.1. The van der Waals surface area contributed by atoms with Crippen molar-refractivity contribution < 1.29 is 14.3 Å². The van der Waals surface area contributed by atoms with Crippen LogP contribution >= 0.6 is 0 Å². The number of hydrogen-bond donors (Lipinski definition) is 2. The molecule has 1 atom stereocenters. The molecule has 0 saturated carbocycles. The van der Waals surface area contributed by atoms with E-state index in [0.29, 0.717) is 17.2 Å². The van der Waals surface area contributed by atoms with Gasteiger partial charge in [-0.2, -0.15) is 0 Å². The molecule has 2 N–H and O–H groups in total. The molecule has 0 spiro atoms. The summed E-state index contributed by atoms with van der Waals surface area (Å²) >= 11 is 0. The van der Waals surface area contributed by atoms with E-state index in [9.17, 15) is 4.79 Å². The van der Waals surface area contributed by atoms with Crippen molar-refractivity contribution in [1.29, 1.82) is 0 Å². The van der Waals surface area contributed by atoms with Crippen molar-refractivity contribution >= 4 is 11.6 Å². The standard InChI is InChI=1S/C24H26N2O3/c1-17-9-11-19(12-10-17)24(18-7-5-4-6-8-18)25-16-23(27)26-21-15-20(28-2)13-14-22(21)29-3/h4-15,24-25H,16H2,1-3H3,(H,26,27). The van der Waals surface area contributed by atoms with Gasteiger partial charge in [0.15, 0.2) is 0 Å². The second kappa shape index (κ2) is 9.75. The van der Waals surface area contributed by atoms with Crippen LogP contribution in [-0.4, -0.2) is 26.7 Å². The van der Waals surface area contributed by atoms with Gasteiger partial charge < -0.3 is 14.8 Å². The molecule has 0 bridgehead atoms. The van der Waals surface area contributed by atoms with Crippen molar-refractivity contribution in [3.05, 3.63) is 89.5 Å². The molecule has 29 heavy (non-hydrogen) atoms. The Labute approximate surface area is 171 Å². The summed E-state index contributed by atoms with van der Waals surface area (Å²) in [6.45, 7) is 2.21. The van der Waals surface area contributed by atoms with E-state index >= 15 is 0 Å². The lowest BCUT2D eigenvalue weighted by atomic mass is 9.98. The topological polar surface area (TPSA) is 59.6 Å². The molecule has 0 radical (unpaired) electrons. The lowest BCUT2D eigenvalue weighted by molar-refractivity contribution is -0.115. The van der Waals surface area contributed by atoms with Crippen molar-refractivity contribution in [3.63, 3.8) is 0 Å². The minimum absolute atomic E-state index is 0.0882. The molecule has 0 fully saturated rings. The Morgan fingerprint density at radius 1 is 0.897 bits per heavy atom. The first kappa shape index (κ1) is 20.4. The molecule has 0 heterocycles. The Kier molecular flexibility index (Phi) is 6.87. The highest BCUT2D eigenvalue weighted by atomic mass is 16.5. The lowest BCUT2D eigenvalue weighted by Crippen LogP contribution is -2.32. The molecule has 5 heteroatoms. The van der Waals surface area contributed by atoms with E-state index in [2.05, 4.69) is 54.0 Å². The summed E-state index contributed by atoms with van der Waals surface area (Å²) in [4.78, 5) is 12.6. The predicted octanol–water partition coefficient (Wildman–Crippen LogP) is 4.33. The Hall–Kier alpha value is -3.31. The van der Waals surface area contributed by atoms with Crippen molar-refractivity contribution in [3.8, 4) is 11.5 Å². The monoisotopic (exact) mass is 390 g/mol. The third-order valence-electron chi connectivity index (χ3n) is 4.69. The summed E-state index contributed by atoms with van der Waals surface area (Å²) in [5.41, 5.74) is 3.98. The fourth-order valence-electron chi connectivity index (χ4n) is 3.13. The summed E-state index contributed by atoms with van der Waals surface area (Å²) in [6, 6.07) is 23.6. The van der Waals surface area contributed by atoms with E-state index in [1.54, 1.807) is 32.4 Å². The molecule has 5 nitrogen and oxygen atoms in total. The van der Waals surface area contributed by atoms with Gasteiger partial charge in [0.25, 0.3) is 0 Å². The molecule has 3 aromatic carbocycles. The first-order valence-electron chi connectivity index (χ1n) is 9.47. The Morgan fingerprint density at radius 3 is 2.24 bits per heavy atom. The van der Waals surface area contributed by atoms with Gasteiger partial charge >= 0.3 is 0 Å². The second-order valence-electron chi connectivity index (χ2n) is 6.75. The van der Waals surface area contributed by atoms with Gasteiger partial charge in [0.05, 0.1) is 32.5 Å². The molecular weight excluding hydrogens is 364 g/mol. The number of methoxy groups -OCH3 is 2. The van der Waals surface area contributed by atoms with Gasteiger partial charge in [-0.05, 0) is 30.2 Å². The van der Waals surface area contributed by atoms with Crippen molar-refractivity contribution in [2.45, 2.75) is 13.0 Å². The zero-order valence-corrected chi connectivity index (χ0v) is 16.9. The van der Waals surface area contributed by atoms with Crippen molar-refractivity contribution in [2.75, 3.05) is 26.1 Å². The molecule has 1 unspecified atom stereocenters. The van der Waals surface area contributed by atoms with Crippen LogP contribution in [0.4, 0.5) is 5.69 Å². The molecule has 0 aromatic heterocycles. The van der Waals surface area contributed by atoms with Crippen LogP contribution in [0.1, 0.15) is 22.7 Å². The maximum absolute atomic E-state index is 12.6. The molecule has 3 aromatic rings. The number of amides is 1. The fourth-order valence-corrected chi connectivity index (χ4v) is 3.13. The fraction of sp³-hybridized carbons (Fsp3) is 0.208. The van der Waals surface area contributed by atoms with E-state index in [1.807, 2.05) is 18.2 Å². The van der Waals surface area contributed by atoms with E-state index < -0.39 is 0 Å². The maximum atomic E-state index is 12.6. The van der Waals surface area contributed by atoms with Crippen molar-refractivity contribution in [2.24, 2.45) is 0 Å². The number of hydrogen-bond acceptors (Lipinski definition) is 4. The summed E-state index contributed by atoms with van der Waals surface area (Å²) < 4.78 is 10.6. The van der Waals surface area contributed by atoms with Gasteiger partial charge in [-0.15, -0.1) is 0 Å². The number of anilines is 1. The largest absolute Gasteiger partial charge is 0.497 e. The van der Waals surface area contributed by atoms with Gasteiger partial charge in [0, 0.05) is 6.07 Å². The average Bonchev–Trinajstić information content (AvgIpc) is 2.75. The number of benzene rings is 3. The molecule has 0 aliphatic rings. The quantitative estimate of drug-likeness (QED) is 0.601. The number of carbonyl (C=O) groups is 1. The smallest absolute Gasteiger partial charge is 0.238 e. The van der Waals surface area contributed by atoms with E-state index in [-0.39, 0.29) is 18.5 Å². The van der Waals surface area contributed by atoms with Crippen LogP contribution in [0.15, 0.2) is 72.8 Å². The molecule has 150 valence electrons. The third-order valence-corrected chi connectivity index (χ3v) is 4.69. The van der Waals surface area contributed by atoms with Gasteiger partial charge in [0.1, 0.15) is 11.5 Å². The van der Waals surface area contributed by atoms with Crippen LogP contribution in [0.2, 0.25) is 0 Å². The number of aryl methyl sites for hydroxylation is 1. The second-order valence-corrected chi connectivity index (χ2v) is 6.75. The van der Waals surface area contributed by atoms with Crippen LogP contribution in [0.5, 0.6) is 11.5 Å². The maximum Gasteiger partial charge on any atom is 0.238 e. The van der Waals surface area contributed by atoms with Gasteiger partial charge in [0.2, 0.25) is 5.91 Å². The number of rotatable bonds is 8. The van der Waals surface area contributed by atoms with Gasteiger partial charge in [-0.1, -0.05) is 60.2 Å². The van der Waals surface area contributed by atoms with Crippen LogP contribution in [0.3, 0.4) is 0 Å². The SMILES string of the molecule is COc1ccc(OC)c(NC(=O)CNC(c2ccccc2)c2ccc(C)cc2)c1. The highest BCUT2D eigenvalue weighted by Crippen LogP contribution is 2.29. The number of nitrogens with one attached hydrogen (secondary N) is 2. The van der Waals surface area contributed by atoms with E-state index in [4.69, 9.17) is 9.47 Å². The predicted molar refractivity (Wildman–Crippen MR) is 116 cm³/mol. The zero-order chi connectivity index (χ0) is 20.6. The summed E-state index contributed by atoms with van der Waals surface area (Å²) in [5.74, 6) is 1.07. The average molecular weight is 390 g/mol. The number of ether oxygens (including phenoxy) is 2. The molecular formula is C24H26N2O3. The third kappa shape index (κ3) is 5.36. The molecule has 0 saturated heterocycles. The van der Waals surface area contributed by atoms with Gasteiger partial charge in [-0.25, -0.2) is 0 Å². The first-order valence-corrected chi connectivity index (χ1v) is 9.47. The lowest BCUT2D eigenvalue weighted by Gasteiger charge is -2.20. The molecule has 0 aliphatic carbocycles. The normalized spacial score (nSPS) is 11.6. The molecule has 0 aliphatic heterocycles.